The smallest absolute Gasteiger partial charge is 0.426 e. The molecule has 0 amide bonds. The molecular formula is C14H8F4O2. The van der Waals surface area contributed by atoms with Crippen molar-refractivity contribution in [2.24, 2.45) is 0 Å². The Balaban J connectivity index is 2.24. The monoisotopic (exact) mass is 284 g/mol. The van der Waals surface area contributed by atoms with Gasteiger partial charge in [-0.25, -0.2) is 8.78 Å². The number of carbonyl (C=O) groups excluding carboxylic acids is 1. The fourth-order valence-corrected chi connectivity index (χ4v) is 1.50. The Bertz CT molecular complexity index is 624. The van der Waals surface area contributed by atoms with E-state index in [9.17, 15) is 22.4 Å². The van der Waals surface area contributed by atoms with Crippen LogP contribution in [0.15, 0.2) is 42.5 Å². The maximum absolute atomic E-state index is 13.8. The number of alkyl halides is 2. The summed E-state index contributed by atoms with van der Waals surface area (Å²) in [7, 11) is 0. The molecule has 20 heavy (non-hydrogen) atoms. The Morgan fingerprint density at radius 3 is 2.15 bits per heavy atom. The predicted octanol–water partition coefficient (Wildman–Crippen LogP) is 3.91. The van der Waals surface area contributed by atoms with Crippen molar-refractivity contribution in [3.05, 3.63) is 65.2 Å². The second-order valence-corrected chi connectivity index (χ2v) is 3.93. The summed E-state index contributed by atoms with van der Waals surface area (Å²) in [6.45, 7) is 0. The zero-order valence-electron chi connectivity index (χ0n) is 9.95. The molecule has 0 radical (unpaired) electrons. The van der Waals surface area contributed by atoms with Gasteiger partial charge in [-0.15, -0.1) is 0 Å². The average molecular weight is 284 g/mol. The summed E-state index contributed by atoms with van der Waals surface area (Å²) in [6, 6.07) is 6.55. The number of aldehydes is 1. The highest BCUT2D eigenvalue weighted by molar-refractivity contribution is 5.74. The zero-order chi connectivity index (χ0) is 14.8. The Kier molecular flexibility index (Phi) is 3.74. The van der Waals surface area contributed by atoms with Gasteiger partial charge < -0.3 is 4.74 Å². The molecule has 0 atom stereocenters. The van der Waals surface area contributed by atoms with Crippen LogP contribution < -0.4 is 4.74 Å². The van der Waals surface area contributed by atoms with Crippen LogP contribution in [-0.4, -0.2) is 6.29 Å². The molecular weight excluding hydrogens is 276 g/mol. The summed E-state index contributed by atoms with van der Waals surface area (Å²) in [5.74, 6) is -2.95. The van der Waals surface area contributed by atoms with Crippen LogP contribution in [0.25, 0.3) is 0 Å². The molecule has 0 aliphatic carbocycles. The highest BCUT2D eigenvalue weighted by Crippen LogP contribution is 2.32. The van der Waals surface area contributed by atoms with Crippen LogP contribution >= 0.6 is 0 Å². The fraction of sp³-hybridized carbons (Fsp3) is 0.0714. The molecule has 0 N–H and O–H groups in total. The third kappa shape index (κ3) is 2.96. The molecule has 0 saturated heterocycles. The van der Waals surface area contributed by atoms with Crippen molar-refractivity contribution in [3.63, 3.8) is 0 Å². The summed E-state index contributed by atoms with van der Waals surface area (Å²) in [4.78, 5) is 10.4. The number of benzene rings is 2. The molecule has 2 rings (SSSR count). The Hall–Kier alpha value is -2.37. The normalized spacial score (nSPS) is 11.2. The fourth-order valence-electron chi connectivity index (χ4n) is 1.50. The minimum atomic E-state index is -3.73. The molecule has 2 aromatic rings. The molecule has 0 bridgehead atoms. The minimum absolute atomic E-state index is 0.234. The topological polar surface area (TPSA) is 26.3 Å². The van der Waals surface area contributed by atoms with Crippen LogP contribution in [0.5, 0.6) is 5.75 Å². The Morgan fingerprint density at radius 2 is 1.60 bits per heavy atom. The van der Waals surface area contributed by atoms with E-state index in [1.807, 2.05) is 0 Å². The average Bonchev–Trinajstić information content (AvgIpc) is 2.43. The lowest BCUT2D eigenvalue weighted by Gasteiger charge is -2.18. The van der Waals surface area contributed by atoms with Crippen molar-refractivity contribution in [2.45, 2.75) is 6.11 Å². The first-order chi connectivity index (χ1) is 9.42. The van der Waals surface area contributed by atoms with Gasteiger partial charge in [-0.1, -0.05) is 12.1 Å². The summed E-state index contributed by atoms with van der Waals surface area (Å²) in [5.41, 5.74) is -0.273. The van der Waals surface area contributed by atoms with Gasteiger partial charge in [0.05, 0.1) is 5.56 Å². The lowest BCUT2D eigenvalue weighted by molar-refractivity contribution is -0.185. The minimum Gasteiger partial charge on any atom is -0.429 e. The maximum Gasteiger partial charge on any atom is 0.426 e. The van der Waals surface area contributed by atoms with Crippen LogP contribution in [0.2, 0.25) is 0 Å². The third-order valence-corrected chi connectivity index (χ3v) is 2.52. The van der Waals surface area contributed by atoms with Gasteiger partial charge in [0.2, 0.25) is 0 Å². The third-order valence-electron chi connectivity index (χ3n) is 2.52. The summed E-state index contributed by atoms with van der Waals surface area (Å²) in [6.07, 6.45) is -3.22. The number of hydrogen-bond acceptors (Lipinski definition) is 2. The SMILES string of the molecule is O=Cc1ccc(C(F)(F)Oc2ccc(F)c(F)c2)cc1. The molecule has 0 saturated carbocycles. The van der Waals surface area contributed by atoms with E-state index in [0.717, 1.165) is 18.2 Å². The number of hydrogen-bond donors (Lipinski definition) is 0. The van der Waals surface area contributed by atoms with Crippen molar-refractivity contribution in [2.75, 3.05) is 0 Å². The molecule has 104 valence electrons. The second kappa shape index (κ2) is 5.32. The summed E-state index contributed by atoms with van der Waals surface area (Å²) < 4.78 is 57.5. The van der Waals surface area contributed by atoms with Crippen LogP contribution in [0.3, 0.4) is 0 Å². The first kappa shape index (κ1) is 14.0. The van der Waals surface area contributed by atoms with Gasteiger partial charge in [-0.3, -0.25) is 4.79 Å². The first-order valence-electron chi connectivity index (χ1n) is 5.50. The van der Waals surface area contributed by atoms with Gasteiger partial charge in [-0.05, 0) is 24.3 Å². The molecule has 2 aromatic carbocycles. The molecule has 0 spiro atoms. The Morgan fingerprint density at radius 1 is 0.950 bits per heavy atom. The molecule has 2 nitrogen and oxygen atoms in total. The van der Waals surface area contributed by atoms with Gasteiger partial charge in [-0.2, -0.15) is 8.78 Å². The van der Waals surface area contributed by atoms with Crippen LogP contribution in [0.4, 0.5) is 17.6 Å². The number of carbonyl (C=O) groups is 1. The van der Waals surface area contributed by atoms with Crippen molar-refractivity contribution < 1.29 is 27.1 Å². The van der Waals surface area contributed by atoms with Crippen molar-refractivity contribution in [3.8, 4) is 5.75 Å². The molecule has 0 aliphatic rings. The predicted molar refractivity (Wildman–Crippen MR) is 62.7 cm³/mol. The second-order valence-electron chi connectivity index (χ2n) is 3.93. The largest absolute Gasteiger partial charge is 0.429 e. The van der Waals surface area contributed by atoms with Gasteiger partial charge >= 0.3 is 6.11 Å². The van der Waals surface area contributed by atoms with E-state index < -0.39 is 29.1 Å². The van der Waals surface area contributed by atoms with E-state index in [4.69, 9.17) is 0 Å². The van der Waals surface area contributed by atoms with Gasteiger partial charge in [0.1, 0.15) is 12.0 Å². The molecule has 0 aliphatic heterocycles. The van der Waals surface area contributed by atoms with E-state index >= 15 is 0 Å². The van der Waals surface area contributed by atoms with Crippen molar-refractivity contribution in [1.82, 2.24) is 0 Å². The first-order valence-corrected chi connectivity index (χ1v) is 5.50. The lowest BCUT2D eigenvalue weighted by Crippen LogP contribution is -2.22. The van der Waals surface area contributed by atoms with E-state index in [2.05, 4.69) is 4.74 Å². The number of halogens is 4. The van der Waals surface area contributed by atoms with Crippen molar-refractivity contribution >= 4 is 6.29 Å². The number of rotatable bonds is 4. The molecule has 0 fully saturated rings. The molecule has 0 unspecified atom stereocenters. The quantitative estimate of drug-likeness (QED) is 0.628. The zero-order valence-corrected chi connectivity index (χ0v) is 9.95. The summed E-state index contributed by atoms with van der Waals surface area (Å²) in [5, 5.41) is 0. The van der Waals surface area contributed by atoms with Gasteiger partial charge in [0, 0.05) is 11.6 Å². The maximum atomic E-state index is 13.8. The van der Waals surface area contributed by atoms with Gasteiger partial charge in [0.15, 0.2) is 11.6 Å². The van der Waals surface area contributed by atoms with E-state index in [1.165, 1.54) is 12.1 Å². The van der Waals surface area contributed by atoms with Crippen LogP contribution in [0.1, 0.15) is 15.9 Å². The Labute approximate surface area is 111 Å². The standard InChI is InChI=1S/C14H8F4O2/c15-12-6-5-11(7-13(12)16)20-14(17,18)10-3-1-9(8-19)2-4-10/h1-8H. The highest BCUT2D eigenvalue weighted by atomic mass is 19.3. The summed E-state index contributed by atoms with van der Waals surface area (Å²) >= 11 is 0. The molecule has 0 heterocycles. The molecule has 0 aromatic heterocycles. The van der Waals surface area contributed by atoms with E-state index in [0.29, 0.717) is 18.4 Å². The van der Waals surface area contributed by atoms with Gasteiger partial charge in [0.25, 0.3) is 0 Å². The lowest BCUT2D eigenvalue weighted by atomic mass is 10.1. The van der Waals surface area contributed by atoms with Crippen LogP contribution in [-0.2, 0) is 6.11 Å². The van der Waals surface area contributed by atoms with E-state index in [-0.39, 0.29) is 5.56 Å². The van der Waals surface area contributed by atoms with E-state index in [1.54, 1.807) is 0 Å². The van der Waals surface area contributed by atoms with Crippen LogP contribution in [0, 0.1) is 11.6 Å². The molecule has 6 heteroatoms. The van der Waals surface area contributed by atoms with Crippen molar-refractivity contribution in [1.29, 1.82) is 0 Å². The number of ether oxygens (including phenoxy) is 1. The highest BCUT2D eigenvalue weighted by Gasteiger charge is 2.34.